The van der Waals surface area contributed by atoms with Gasteiger partial charge in [0.1, 0.15) is 5.75 Å². The van der Waals surface area contributed by atoms with Gasteiger partial charge in [-0.25, -0.2) is 4.79 Å². The first-order chi connectivity index (χ1) is 13.3. The molecule has 0 aromatic heterocycles. The minimum atomic E-state index is -0.648. The summed E-state index contributed by atoms with van der Waals surface area (Å²) in [5, 5.41) is 2.80. The molecule has 1 amide bonds. The van der Waals surface area contributed by atoms with Gasteiger partial charge in [0, 0.05) is 5.56 Å². The van der Waals surface area contributed by atoms with E-state index in [-0.39, 0.29) is 30.9 Å². The topological polar surface area (TPSA) is 81.7 Å². The van der Waals surface area contributed by atoms with E-state index in [2.05, 4.69) is 5.32 Å². The molecule has 28 heavy (non-hydrogen) atoms. The van der Waals surface area contributed by atoms with E-state index in [1.165, 1.54) is 12.5 Å². The van der Waals surface area contributed by atoms with Crippen LogP contribution in [0, 0.1) is 13.8 Å². The molecule has 0 radical (unpaired) electrons. The van der Waals surface area contributed by atoms with E-state index in [0.29, 0.717) is 11.3 Å². The summed E-state index contributed by atoms with van der Waals surface area (Å²) in [6.07, 6.45) is 0. The third-order valence-electron chi connectivity index (χ3n) is 4.39. The average Bonchev–Trinajstić information content (AvgIpc) is 2.67. The smallest absolute Gasteiger partial charge is 0.344 e. The van der Waals surface area contributed by atoms with Crippen molar-refractivity contribution in [2.24, 2.45) is 0 Å². The van der Waals surface area contributed by atoms with Gasteiger partial charge in [-0.15, -0.1) is 0 Å². The third kappa shape index (κ3) is 6.23. The number of aryl methyl sites for hydroxylation is 2. The van der Waals surface area contributed by atoms with Gasteiger partial charge in [0.2, 0.25) is 0 Å². The Morgan fingerprint density at radius 1 is 0.964 bits per heavy atom. The van der Waals surface area contributed by atoms with Crippen molar-refractivity contribution in [2.75, 3.05) is 13.2 Å². The second kappa shape index (κ2) is 9.69. The SMILES string of the molecule is CC(=O)c1ccc(OCC(=O)OCC(=O)N[C@H](C)c2ccc(C)c(C)c2)cc1. The van der Waals surface area contributed by atoms with E-state index < -0.39 is 5.97 Å². The first-order valence-electron chi connectivity index (χ1n) is 9.02. The van der Waals surface area contributed by atoms with Crippen molar-refractivity contribution in [3.05, 3.63) is 64.7 Å². The molecule has 0 bridgehead atoms. The highest BCUT2D eigenvalue weighted by atomic mass is 16.6. The number of carbonyl (C=O) groups excluding carboxylic acids is 3. The zero-order valence-electron chi connectivity index (χ0n) is 16.6. The van der Waals surface area contributed by atoms with Crippen molar-refractivity contribution in [2.45, 2.75) is 33.7 Å². The standard InChI is InChI=1S/C22H25NO5/c1-14-5-6-19(11-15(14)2)16(3)23-21(25)12-28-22(26)13-27-20-9-7-18(8-10-20)17(4)24/h5-11,16H,12-13H2,1-4H3,(H,23,25)/t16-/m1/s1. The first kappa shape index (κ1) is 21.2. The summed E-state index contributed by atoms with van der Waals surface area (Å²) >= 11 is 0. The fourth-order valence-corrected chi connectivity index (χ4v) is 2.52. The second-order valence-electron chi connectivity index (χ2n) is 6.66. The van der Waals surface area contributed by atoms with Crippen molar-refractivity contribution < 1.29 is 23.9 Å². The molecule has 2 aromatic carbocycles. The molecule has 0 aliphatic heterocycles. The molecule has 148 valence electrons. The van der Waals surface area contributed by atoms with E-state index in [1.807, 2.05) is 39.0 Å². The second-order valence-corrected chi connectivity index (χ2v) is 6.66. The lowest BCUT2D eigenvalue weighted by Crippen LogP contribution is -2.32. The molecular formula is C22H25NO5. The minimum Gasteiger partial charge on any atom is -0.482 e. The number of esters is 1. The summed E-state index contributed by atoms with van der Waals surface area (Å²) in [5.74, 6) is -0.642. The van der Waals surface area contributed by atoms with Gasteiger partial charge < -0.3 is 14.8 Å². The molecule has 1 N–H and O–H groups in total. The number of amides is 1. The lowest BCUT2D eigenvalue weighted by molar-refractivity contribution is -0.150. The summed E-state index contributed by atoms with van der Waals surface area (Å²) in [4.78, 5) is 35.0. The highest BCUT2D eigenvalue weighted by Crippen LogP contribution is 2.16. The van der Waals surface area contributed by atoms with Gasteiger partial charge >= 0.3 is 5.97 Å². The number of rotatable bonds is 8. The number of carbonyl (C=O) groups is 3. The average molecular weight is 383 g/mol. The molecule has 0 heterocycles. The number of hydrogen-bond acceptors (Lipinski definition) is 5. The Morgan fingerprint density at radius 3 is 2.25 bits per heavy atom. The maximum Gasteiger partial charge on any atom is 0.344 e. The van der Waals surface area contributed by atoms with Crippen LogP contribution in [0.2, 0.25) is 0 Å². The Balaban J connectivity index is 1.74. The van der Waals surface area contributed by atoms with Crippen molar-refractivity contribution in [3.8, 4) is 5.75 Å². The predicted octanol–water partition coefficient (Wildman–Crippen LogP) is 3.31. The fourth-order valence-electron chi connectivity index (χ4n) is 2.52. The lowest BCUT2D eigenvalue weighted by atomic mass is 10.0. The van der Waals surface area contributed by atoms with Gasteiger partial charge in [0.25, 0.3) is 5.91 Å². The van der Waals surface area contributed by atoms with Crippen LogP contribution in [0.1, 0.15) is 46.9 Å². The first-order valence-corrected chi connectivity index (χ1v) is 9.02. The van der Waals surface area contributed by atoms with Gasteiger partial charge in [0.05, 0.1) is 6.04 Å². The third-order valence-corrected chi connectivity index (χ3v) is 4.39. The summed E-state index contributed by atoms with van der Waals surface area (Å²) in [6.45, 7) is 6.70. The van der Waals surface area contributed by atoms with Crippen molar-refractivity contribution in [3.63, 3.8) is 0 Å². The quantitative estimate of drug-likeness (QED) is 0.559. The minimum absolute atomic E-state index is 0.0491. The molecule has 2 rings (SSSR count). The maximum absolute atomic E-state index is 12.0. The number of benzene rings is 2. The van der Waals surface area contributed by atoms with E-state index in [0.717, 1.165) is 11.1 Å². The van der Waals surface area contributed by atoms with Crippen LogP contribution >= 0.6 is 0 Å². The van der Waals surface area contributed by atoms with Crippen LogP contribution < -0.4 is 10.1 Å². The van der Waals surface area contributed by atoms with E-state index in [4.69, 9.17) is 9.47 Å². The largest absolute Gasteiger partial charge is 0.482 e. The van der Waals surface area contributed by atoms with Crippen LogP contribution in [0.25, 0.3) is 0 Å². The van der Waals surface area contributed by atoms with Gasteiger partial charge in [-0.3, -0.25) is 9.59 Å². The summed E-state index contributed by atoms with van der Waals surface area (Å²) < 4.78 is 10.2. The molecule has 1 atom stereocenters. The molecule has 0 aliphatic rings. The molecule has 0 saturated heterocycles. The number of hydrogen-bond donors (Lipinski definition) is 1. The Bertz CT molecular complexity index is 858. The van der Waals surface area contributed by atoms with Crippen molar-refractivity contribution in [1.82, 2.24) is 5.32 Å². The Morgan fingerprint density at radius 2 is 1.64 bits per heavy atom. The van der Waals surface area contributed by atoms with Crippen LogP contribution in [0.4, 0.5) is 0 Å². The molecule has 6 nitrogen and oxygen atoms in total. The van der Waals surface area contributed by atoms with E-state index in [1.54, 1.807) is 24.3 Å². The van der Waals surface area contributed by atoms with Gasteiger partial charge in [-0.2, -0.15) is 0 Å². The number of nitrogens with one attached hydrogen (secondary N) is 1. The van der Waals surface area contributed by atoms with Crippen molar-refractivity contribution >= 4 is 17.7 Å². The molecular weight excluding hydrogens is 358 g/mol. The van der Waals surface area contributed by atoms with Crippen LogP contribution in [-0.4, -0.2) is 30.9 Å². The Labute approximate surface area is 164 Å². The number of ketones is 1. The number of ether oxygens (including phenoxy) is 2. The normalized spacial score (nSPS) is 11.4. The van der Waals surface area contributed by atoms with Crippen LogP contribution in [0.5, 0.6) is 5.75 Å². The summed E-state index contributed by atoms with van der Waals surface area (Å²) in [6, 6.07) is 12.2. The van der Waals surface area contributed by atoms with Gasteiger partial charge in [-0.1, -0.05) is 18.2 Å². The molecule has 2 aromatic rings. The van der Waals surface area contributed by atoms with E-state index in [9.17, 15) is 14.4 Å². The highest BCUT2D eigenvalue weighted by Gasteiger charge is 2.13. The predicted molar refractivity (Wildman–Crippen MR) is 105 cm³/mol. The van der Waals surface area contributed by atoms with Crippen LogP contribution in [0.15, 0.2) is 42.5 Å². The Kier molecular flexibility index (Phi) is 7.32. The maximum atomic E-state index is 12.0. The molecule has 0 saturated carbocycles. The lowest BCUT2D eigenvalue weighted by Gasteiger charge is -2.16. The summed E-state index contributed by atoms with van der Waals surface area (Å²) in [5.41, 5.74) is 3.88. The van der Waals surface area contributed by atoms with E-state index >= 15 is 0 Å². The highest BCUT2D eigenvalue weighted by molar-refractivity contribution is 5.94. The van der Waals surface area contributed by atoms with Gasteiger partial charge in [-0.05, 0) is 68.7 Å². The monoisotopic (exact) mass is 383 g/mol. The molecule has 6 heteroatoms. The zero-order chi connectivity index (χ0) is 20.7. The molecule has 0 spiro atoms. The molecule has 0 fully saturated rings. The van der Waals surface area contributed by atoms with Crippen LogP contribution in [-0.2, 0) is 14.3 Å². The molecule has 0 aliphatic carbocycles. The van der Waals surface area contributed by atoms with Crippen LogP contribution in [0.3, 0.4) is 0 Å². The number of Topliss-reactive ketones (excluding diaryl/α,β-unsaturated/α-hetero) is 1. The summed E-state index contributed by atoms with van der Waals surface area (Å²) in [7, 11) is 0. The zero-order valence-corrected chi connectivity index (χ0v) is 16.6. The fraction of sp³-hybridized carbons (Fsp3) is 0.318. The molecule has 0 unspecified atom stereocenters. The Hall–Kier alpha value is -3.15. The van der Waals surface area contributed by atoms with Gasteiger partial charge in [0.15, 0.2) is 19.0 Å². The van der Waals surface area contributed by atoms with Crippen molar-refractivity contribution in [1.29, 1.82) is 0 Å².